The van der Waals surface area contributed by atoms with E-state index in [4.69, 9.17) is 4.74 Å². The van der Waals surface area contributed by atoms with Gasteiger partial charge in [-0.1, -0.05) is 18.7 Å². The van der Waals surface area contributed by atoms with Crippen molar-refractivity contribution in [1.82, 2.24) is 15.1 Å². The Morgan fingerprint density at radius 1 is 1.28 bits per heavy atom. The minimum Gasteiger partial charge on any atom is -0.508 e. The standard InChI is InChI=1S/C21H20N4O4/c1-2-20(27)25-7-8-29-19(12-25)21(28)23-17-9-14(10-18-16(17)11-22-24-18)13-3-5-15(26)6-4-13/h2-6,9-11,19,26H,1,7-8,12H2,(H,22,24)(H,23,28). The molecule has 1 aliphatic rings. The number of carbonyl (C=O) groups excluding carboxylic acids is 2. The molecule has 8 nitrogen and oxygen atoms in total. The largest absolute Gasteiger partial charge is 0.508 e. The molecule has 0 radical (unpaired) electrons. The summed E-state index contributed by atoms with van der Waals surface area (Å²) in [7, 11) is 0. The molecule has 1 fully saturated rings. The van der Waals surface area contributed by atoms with E-state index in [-0.39, 0.29) is 30.7 Å². The van der Waals surface area contributed by atoms with Gasteiger partial charge >= 0.3 is 0 Å². The molecule has 3 N–H and O–H groups in total. The Kier molecular flexibility index (Phi) is 5.01. The van der Waals surface area contributed by atoms with Gasteiger partial charge < -0.3 is 20.1 Å². The lowest BCUT2D eigenvalue weighted by atomic mass is 10.0. The van der Waals surface area contributed by atoms with E-state index in [9.17, 15) is 14.7 Å². The van der Waals surface area contributed by atoms with Gasteiger partial charge in [-0.05, 0) is 41.5 Å². The van der Waals surface area contributed by atoms with Crippen molar-refractivity contribution in [2.75, 3.05) is 25.0 Å². The number of amides is 2. The molecule has 1 unspecified atom stereocenters. The van der Waals surface area contributed by atoms with Crippen LogP contribution in [0, 0.1) is 0 Å². The van der Waals surface area contributed by atoms with Crippen LogP contribution in [0.15, 0.2) is 55.3 Å². The van der Waals surface area contributed by atoms with E-state index in [1.807, 2.05) is 12.1 Å². The maximum Gasteiger partial charge on any atom is 0.255 e. The molecule has 1 aliphatic heterocycles. The first-order chi connectivity index (χ1) is 14.0. The first-order valence-corrected chi connectivity index (χ1v) is 9.15. The maximum absolute atomic E-state index is 12.8. The summed E-state index contributed by atoms with van der Waals surface area (Å²) in [6.45, 7) is 4.37. The van der Waals surface area contributed by atoms with Crippen molar-refractivity contribution in [1.29, 1.82) is 0 Å². The zero-order chi connectivity index (χ0) is 20.4. The lowest BCUT2D eigenvalue weighted by Crippen LogP contribution is -2.49. The summed E-state index contributed by atoms with van der Waals surface area (Å²) in [5.41, 5.74) is 3.08. The minimum atomic E-state index is -0.771. The van der Waals surface area contributed by atoms with E-state index in [1.165, 1.54) is 6.08 Å². The molecule has 2 aromatic carbocycles. The molecule has 3 aromatic rings. The minimum absolute atomic E-state index is 0.170. The molecule has 2 amide bonds. The third-order valence-corrected chi connectivity index (χ3v) is 4.86. The highest BCUT2D eigenvalue weighted by Crippen LogP contribution is 2.31. The fourth-order valence-corrected chi connectivity index (χ4v) is 3.33. The van der Waals surface area contributed by atoms with Crippen LogP contribution in [0.25, 0.3) is 22.0 Å². The molecule has 8 heteroatoms. The van der Waals surface area contributed by atoms with E-state index < -0.39 is 6.10 Å². The Labute approximate surface area is 166 Å². The summed E-state index contributed by atoms with van der Waals surface area (Å²) in [5.74, 6) is -0.382. The number of benzene rings is 2. The molecule has 0 aliphatic carbocycles. The van der Waals surface area contributed by atoms with E-state index >= 15 is 0 Å². The molecule has 4 rings (SSSR count). The van der Waals surface area contributed by atoms with Crippen molar-refractivity contribution >= 4 is 28.4 Å². The third-order valence-electron chi connectivity index (χ3n) is 4.86. The molecule has 148 valence electrons. The zero-order valence-electron chi connectivity index (χ0n) is 15.6. The Morgan fingerprint density at radius 3 is 2.83 bits per heavy atom. The van der Waals surface area contributed by atoms with Crippen LogP contribution in [-0.4, -0.2) is 57.8 Å². The number of aromatic hydroxyl groups is 1. The van der Waals surface area contributed by atoms with E-state index in [0.29, 0.717) is 12.2 Å². The quantitative estimate of drug-likeness (QED) is 0.591. The molecule has 0 spiro atoms. The number of fused-ring (bicyclic) bond motifs is 1. The number of hydrogen-bond donors (Lipinski definition) is 3. The number of hydrogen-bond acceptors (Lipinski definition) is 5. The first-order valence-electron chi connectivity index (χ1n) is 9.15. The monoisotopic (exact) mass is 392 g/mol. The molecule has 1 aromatic heterocycles. The Morgan fingerprint density at radius 2 is 2.07 bits per heavy atom. The number of aromatic amines is 1. The fraction of sp³-hybridized carbons (Fsp3) is 0.190. The van der Waals surface area contributed by atoms with Crippen LogP contribution in [0.5, 0.6) is 5.75 Å². The highest BCUT2D eigenvalue weighted by Gasteiger charge is 2.28. The van der Waals surface area contributed by atoms with Crippen molar-refractivity contribution in [2.24, 2.45) is 0 Å². The second kappa shape index (κ2) is 7.76. The summed E-state index contributed by atoms with van der Waals surface area (Å²) < 4.78 is 5.57. The number of rotatable bonds is 4. The van der Waals surface area contributed by atoms with Crippen LogP contribution in [0.1, 0.15) is 0 Å². The number of ether oxygens (including phenoxy) is 1. The number of nitrogens with zero attached hydrogens (tertiary/aromatic N) is 2. The van der Waals surface area contributed by atoms with Gasteiger partial charge in [0.15, 0.2) is 6.10 Å². The number of carbonyl (C=O) groups is 2. The third kappa shape index (κ3) is 3.83. The van der Waals surface area contributed by atoms with Gasteiger partial charge in [-0.25, -0.2) is 0 Å². The maximum atomic E-state index is 12.8. The topological polar surface area (TPSA) is 108 Å². The molecule has 2 heterocycles. The fourth-order valence-electron chi connectivity index (χ4n) is 3.33. The van der Waals surface area contributed by atoms with Crippen molar-refractivity contribution in [3.8, 4) is 16.9 Å². The molecule has 1 atom stereocenters. The summed E-state index contributed by atoms with van der Waals surface area (Å²) in [4.78, 5) is 26.2. The number of aromatic nitrogens is 2. The van der Waals surface area contributed by atoms with Gasteiger partial charge in [-0.2, -0.15) is 5.10 Å². The Hall–Kier alpha value is -3.65. The van der Waals surface area contributed by atoms with Gasteiger partial charge in [-0.3, -0.25) is 14.7 Å². The van der Waals surface area contributed by atoms with Crippen LogP contribution >= 0.6 is 0 Å². The van der Waals surface area contributed by atoms with Crippen LogP contribution in [0.3, 0.4) is 0 Å². The van der Waals surface area contributed by atoms with Gasteiger partial charge in [0.05, 0.1) is 30.6 Å². The normalized spacial score (nSPS) is 16.6. The average molecular weight is 392 g/mol. The van der Waals surface area contributed by atoms with Crippen LogP contribution < -0.4 is 5.32 Å². The zero-order valence-corrected chi connectivity index (χ0v) is 15.6. The second-order valence-electron chi connectivity index (χ2n) is 6.74. The highest BCUT2D eigenvalue weighted by atomic mass is 16.5. The lowest BCUT2D eigenvalue weighted by Gasteiger charge is -2.31. The highest BCUT2D eigenvalue weighted by molar-refractivity contribution is 6.04. The van der Waals surface area contributed by atoms with Crippen molar-refractivity contribution in [3.63, 3.8) is 0 Å². The Bertz CT molecular complexity index is 1070. The van der Waals surface area contributed by atoms with Crippen molar-refractivity contribution in [2.45, 2.75) is 6.10 Å². The van der Waals surface area contributed by atoms with Crippen molar-refractivity contribution < 1.29 is 19.4 Å². The average Bonchev–Trinajstić information content (AvgIpc) is 3.23. The predicted molar refractivity (Wildman–Crippen MR) is 108 cm³/mol. The van der Waals surface area contributed by atoms with Crippen LogP contribution in [0.2, 0.25) is 0 Å². The predicted octanol–water partition coefficient (Wildman–Crippen LogP) is 2.29. The van der Waals surface area contributed by atoms with Gasteiger partial charge in [0.1, 0.15) is 5.75 Å². The lowest BCUT2D eigenvalue weighted by molar-refractivity contribution is -0.141. The summed E-state index contributed by atoms with van der Waals surface area (Å²) in [5, 5.41) is 20.2. The van der Waals surface area contributed by atoms with Gasteiger partial charge in [-0.15, -0.1) is 0 Å². The van der Waals surface area contributed by atoms with Gasteiger partial charge in [0.25, 0.3) is 5.91 Å². The van der Waals surface area contributed by atoms with Crippen LogP contribution in [0.4, 0.5) is 5.69 Å². The van der Waals surface area contributed by atoms with Gasteiger partial charge in [0.2, 0.25) is 5.91 Å². The first kappa shape index (κ1) is 18.7. The second-order valence-corrected chi connectivity index (χ2v) is 6.74. The molecular weight excluding hydrogens is 372 g/mol. The number of nitrogens with one attached hydrogen (secondary N) is 2. The van der Waals surface area contributed by atoms with Gasteiger partial charge in [0, 0.05) is 11.9 Å². The Balaban J connectivity index is 1.61. The SMILES string of the molecule is C=CC(=O)N1CCOC(C(=O)Nc2cc(-c3ccc(O)cc3)cc3[nH]ncc23)C1. The molecule has 29 heavy (non-hydrogen) atoms. The van der Waals surface area contributed by atoms with Crippen molar-refractivity contribution in [3.05, 3.63) is 55.3 Å². The summed E-state index contributed by atoms with van der Waals surface area (Å²) >= 11 is 0. The number of anilines is 1. The summed E-state index contributed by atoms with van der Waals surface area (Å²) in [6.07, 6.45) is 2.10. The number of morpholine rings is 1. The number of H-pyrrole nitrogens is 1. The van der Waals surface area contributed by atoms with E-state index in [2.05, 4.69) is 22.1 Å². The van der Waals surface area contributed by atoms with E-state index in [1.54, 1.807) is 35.4 Å². The molecule has 0 bridgehead atoms. The smallest absolute Gasteiger partial charge is 0.255 e. The molecule has 1 saturated heterocycles. The number of phenols is 1. The number of phenolic OH excluding ortho intramolecular Hbond substituents is 1. The molecule has 0 saturated carbocycles. The van der Waals surface area contributed by atoms with E-state index in [0.717, 1.165) is 22.0 Å². The van der Waals surface area contributed by atoms with Crippen LogP contribution in [-0.2, 0) is 14.3 Å². The summed E-state index contributed by atoms with van der Waals surface area (Å²) in [6, 6.07) is 10.6. The molecular formula is C21H20N4O4.